The third-order valence-electron chi connectivity index (χ3n) is 6.97. The second-order valence-corrected chi connectivity index (χ2v) is 9.59. The Balaban J connectivity index is 1.31. The predicted molar refractivity (Wildman–Crippen MR) is 132 cm³/mol. The summed E-state index contributed by atoms with van der Waals surface area (Å²) in [6.45, 7) is 1.03. The van der Waals surface area contributed by atoms with Crippen molar-refractivity contribution in [1.29, 1.82) is 0 Å². The molecule has 3 aromatic rings. The number of amides is 1. The molecule has 1 fully saturated rings. The lowest BCUT2D eigenvalue weighted by Crippen LogP contribution is -2.30. The average molecular weight is 527 g/mol. The molecule has 2 aliphatic rings. The average Bonchev–Trinajstić information content (AvgIpc) is 3.55. The first kappa shape index (κ1) is 25.7. The number of carbonyl (C=O) groups is 2. The number of benzene rings is 2. The Labute approximate surface area is 216 Å². The largest absolute Gasteiger partial charge is 0.493 e. The summed E-state index contributed by atoms with van der Waals surface area (Å²) in [7, 11) is 0. The number of ether oxygens (including phenoxy) is 2. The highest BCUT2D eigenvalue weighted by atomic mass is 19.2. The summed E-state index contributed by atoms with van der Waals surface area (Å²) in [5.41, 5.74) is 0.979. The van der Waals surface area contributed by atoms with Crippen molar-refractivity contribution in [2.24, 2.45) is 11.8 Å². The molecule has 1 amide bonds. The second kappa shape index (κ2) is 10.8. The molecule has 2 atom stereocenters. The first-order valence-electron chi connectivity index (χ1n) is 12.3. The molecule has 1 aromatic heterocycles. The quantitative estimate of drug-likeness (QED) is 0.335. The Hall–Kier alpha value is -3.92. The zero-order valence-electron chi connectivity index (χ0n) is 20.3. The van der Waals surface area contributed by atoms with Crippen LogP contribution >= 0.6 is 0 Å². The van der Waals surface area contributed by atoms with Crippen molar-refractivity contribution in [2.45, 2.75) is 25.8 Å². The smallest absolute Gasteiger partial charge is 0.261 e. The molecule has 0 saturated carbocycles. The monoisotopic (exact) mass is 526 g/mol. The summed E-state index contributed by atoms with van der Waals surface area (Å²) in [5.74, 6) is -4.37. The summed E-state index contributed by atoms with van der Waals surface area (Å²) in [6, 6.07) is 9.91. The number of rotatable bonds is 9. The van der Waals surface area contributed by atoms with Crippen LogP contribution in [0.15, 0.2) is 53.5 Å². The fourth-order valence-corrected chi connectivity index (χ4v) is 4.89. The van der Waals surface area contributed by atoms with E-state index in [0.29, 0.717) is 31.1 Å². The maximum Gasteiger partial charge on any atom is 0.261 e. The topological polar surface area (TPSA) is 86.6 Å². The standard InChI is InChI=1S/C28H25F3N2O5/c29-22-8-16(9-23(30)27(22)31)13-33-6-1-2-21(28(33)36)25(34)10-19(18-5-7-37-14-18)15-38-20-4-3-17-11-26(35)32-24(17)12-20/h1-4,6,8-9,12,18-19H,5,7,10-11,13-15H2,(H,32,35). The highest BCUT2D eigenvalue weighted by Gasteiger charge is 2.30. The van der Waals surface area contributed by atoms with Gasteiger partial charge in [0.25, 0.3) is 5.56 Å². The van der Waals surface area contributed by atoms with Crippen LogP contribution in [0.1, 0.15) is 34.3 Å². The molecule has 0 spiro atoms. The number of Topliss-reactive ketones (excluding diaryl/α,β-unsaturated/α-hetero) is 1. The molecule has 2 unspecified atom stereocenters. The normalized spacial score (nSPS) is 17.2. The lowest BCUT2D eigenvalue weighted by atomic mass is 9.86. The van der Waals surface area contributed by atoms with Crippen molar-refractivity contribution < 1.29 is 32.2 Å². The van der Waals surface area contributed by atoms with Crippen LogP contribution in [0.3, 0.4) is 0 Å². The molecule has 2 aromatic carbocycles. The molecule has 5 rings (SSSR count). The summed E-state index contributed by atoms with van der Waals surface area (Å²) in [4.78, 5) is 37.9. The minimum absolute atomic E-state index is 0.0365. The van der Waals surface area contributed by atoms with Gasteiger partial charge in [0.15, 0.2) is 23.2 Å². The molecule has 0 bridgehead atoms. The number of hydrogen-bond donors (Lipinski definition) is 1. The van der Waals surface area contributed by atoms with Gasteiger partial charge in [-0.1, -0.05) is 6.07 Å². The molecule has 10 heteroatoms. The maximum absolute atomic E-state index is 13.6. The van der Waals surface area contributed by atoms with Gasteiger partial charge in [-0.15, -0.1) is 0 Å². The second-order valence-electron chi connectivity index (χ2n) is 9.59. The minimum atomic E-state index is -1.58. The number of halogens is 3. The van der Waals surface area contributed by atoms with Gasteiger partial charge in [0, 0.05) is 43.5 Å². The Morgan fingerprint density at radius 2 is 1.92 bits per heavy atom. The van der Waals surface area contributed by atoms with Crippen molar-refractivity contribution in [3.63, 3.8) is 0 Å². The lowest BCUT2D eigenvalue weighted by Gasteiger charge is -2.22. The zero-order chi connectivity index (χ0) is 26.8. The van der Waals surface area contributed by atoms with E-state index in [1.165, 1.54) is 18.3 Å². The molecule has 38 heavy (non-hydrogen) atoms. The lowest BCUT2D eigenvalue weighted by molar-refractivity contribution is -0.115. The summed E-state index contributed by atoms with van der Waals surface area (Å²) in [6.07, 6.45) is 2.51. The Bertz CT molecular complexity index is 1430. The molecule has 3 heterocycles. The molecule has 7 nitrogen and oxygen atoms in total. The number of anilines is 1. The van der Waals surface area contributed by atoms with E-state index in [1.807, 2.05) is 6.07 Å². The number of hydrogen-bond acceptors (Lipinski definition) is 5. The molecule has 2 aliphatic heterocycles. The van der Waals surface area contributed by atoms with Gasteiger partial charge in [-0.05, 0) is 53.8 Å². The van der Waals surface area contributed by atoms with Crippen LogP contribution in [0.5, 0.6) is 5.75 Å². The van der Waals surface area contributed by atoms with Crippen LogP contribution in [0.25, 0.3) is 0 Å². The number of fused-ring (bicyclic) bond motifs is 1. The molecular weight excluding hydrogens is 501 g/mol. The maximum atomic E-state index is 13.6. The fraction of sp³-hybridized carbons (Fsp3) is 0.321. The number of pyridine rings is 1. The predicted octanol–water partition coefficient (Wildman–Crippen LogP) is 4.11. The third-order valence-corrected chi connectivity index (χ3v) is 6.97. The van der Waals surface area contributed by atoms with Gasteiger partial charge in [0.2, 0.25) is 5.91 Å². The first-order valence-corrected chi connectivity index (χ1v) is 12.3. The Morgan fingerprint density at radius 3 is 2.66 bits per heavy atom. The first-order chi connectivity index (χ1) is 18.3. The Morgan fingerprint density at radius 1 is 1.13 bits per heavy atom. The van der Waals surface area contributed by atoms with Gasteiger partial charge >= 0.3 is 0 Å². The van der Waals surface area contributed by atoms with E-state index in [1.54, 1.807) is 12.1 Å². The highest BCUT2D eigenvalue weighted by molar-refractivity contribution is 5.99. The zero-order valence-corrected chi connectivity index (χ0v) is 20.3. The van der Waals surface area contributed by atoms with E-state index in [-0.39, 0.29) is 54.2 Å². The van der Waals surface area contributed by atoms with Gasteiger partial charge in [-0.25, -0.2) is 13.2 Å². The SMILES string of the molecule is O=C1Cc2ccc(OCC(CC(=O)c3cccn(Cc4cc(F)c(F)c(F)c4)c3=O)C3CCOC3)cc2N1. The van der Waals surface area contributed by atoms with Crippen molar-refractivity contribution in [3.05, 3.63) is 93.2 Å². The molecule has 1 saturated heterocycles. The molecule has 1 N–H and O–H groups in total. The number of nitrogens with one attached hydrogen (secondary N) is 1. The number of nitrogens with zero attached hydrogens (tertiary/aromatic N) is 1. The molecule has 0 radical (unpaired) electrons. The summed E-state index contributed by atoms with van der Waals surface area (Å²) in [5, 5.41) is 2.78. The Kier molecular flexibility index (Phi) is 7.33. The number of aromatic nitrogens is 1. The summed E-state index contributed by atoms with van der Waals surface area (Å²) < 4.78 is 53.2. The van der Waals surface area contributed by atoms with Crippen molar-refractivity contribution in [1.82, 2.24) is 4.57 Å². The van der Waals surface area contributed by atoms with Crippen LogP contribution in [0, 0.1) is 29.3 Å². The number of carbonyl (C=O) groups excluding carboxylic acids is 2. The van der Waals surface area contributed by atoms with Crippen LogP contribution in [-0.4, -0.2) is 36.1 Å². The minimum Gasteiger partial charge on any atom is -0.493 e. The number of ketones is 1. The van der Waals surface area contributed by atoms with Gasteiger partial charge < -0.3 is 19.4 Å². The fourth-order valence-electron chi connectivity index (χ4n) is 4.89. The van der Waals surface area contributed by atoms with E-state index < -0.39 is 23.0 Å². The van der Waals surface area contributed by atoms with Gasteiger partial charge in [0.05, 0.1) is 25.1 Å². The van der Waals surface area contributed by atoms with Crippen molar-refractivity contribution >= 4 is 17.4 Å². The van der Waals surface area contributed by atoms with Crippen LogP contribution in [0.4, 0.5) is 18.9 Å². The van der Waals surface area contributed by atoms with Gasteiger partial charge in [-0.3, -0.25) is 14.4 Å². The van der Waals surface area contributed by atoms with E-state index in [9.17, 15) is 27.6 Å². The van der Waals surface area contributed by atoms with E-state index in [2.05, 4.69) is 5.32 Å². The van der Waals surface area contributed by atoms with Crippen LogP contribution in [0.2, 0.25) is 0 Å². The highest BCUT2D eigenvalue weighted by Crippen LogP contribution is 2.30. The van der Waals surface area contributed by atoms with E-state index in [0.717, 1.165) is 28.7 Å². The summed E-state index contributed by atoms with van der Waals surface area (Å²) >= 11 is 0. The van der Waals surface area contributed by atoms with Gasteiger partial charge in [-0.2, -0.15) is 0 Å². The van der Waals surface area contributed by atoms with E-state index in [4.69, 9.17) is 9.47 Å². The third kappa shape index (κ3) is 5.50. The molecule has 0 aliphatic carbocycles. The van der Waals surface area contributed by atoms with E-state index >= 15 is 0 Å². The van der Waals surface area contributed by atoms with Crippen LogP contribution < -0.4 is 15.6 Å². The van der Waals surface area contributed by atoms with Gasteiger partial charge in [0.1, 0.15) is 5.75 Å². The van der Waals surface area contributed by atoms with Crippen molar-refractivity contribution in [2.75, 3.05) is 25.1 Å². The molecular formula is C28H25F3N2O5. The molecule has 198 valence electrons. The van der Waals surface area contributed by atoms with Crippen LogP contribution in [-0.2, 0) is 22.5 Å². The van der Waals surface area contributed by atoms with Crippen molar-refractivity contribution in [3.8, 4) is 5.75 Å².